The van der Waals surface area contributed by atoms with E-state index in [0.717, 1.165) is 11.1 Å². The summed E-state index contributed by atoms with van der Waals surface area (Å²) in [7, 11) is 0. The molecule has 3 aromatic rings. The van der Waals surface area contributed by atoms with Gasteiger partial charge < -0.3 is 9.52 Å². The summed E-state index contributed by atoms with van der Waals surface area (Å²) < 4.78 is 6.31. The molecule has 7 heteroatoms. The van der Waals surface area contributed by atoms with Gasteiger partial charge in [-0.2, -0.15) is 0 Å². The first-order valence-corrected chi connectivity index (χ1v) is 7.61. The van der Waals surface area contributed by atoms with Gasteiger partial charge in [0.1, 0.15) is 10.4 Å². The molecule has 20 heavy (non-hydrogen) atoms. The minimum Gasteiger partial charge on any atom is -0.477 e. The van der Waals surface area contributed by atoms with Crippen molar-refractivity contribution in [3.8, 4) is 0 Å². The van der Waals surface area contributed by atoms with Crippen LogP contribution in [-0.2, 0) is 5.75 Å². The van der Waals surface area contributed by atoms with Crippen LogP contribution in [0.15, 0.2) is 33.0 Å². The van der Waals surface area contributed by atoms with Crippen molar-refractivity contribution >= 4 is 40.2 Å². The van der Waals surface area contributed by atoms with Gasteiger partial charge in [0, 0.05) is 0 Å². The maximum absolute atomic E-state index is 11.0. The van der Waals surface area contributed by atoms with E-state index < -0.39 is 5.97 Å². The summed E-state index contributed by atoms with van der Waals surface area (Å²) in [4.78, 5) is 19.8. The molecule has 0 unspecified atom stereocenters. The number of rotatable bonds is 4. The predicted molar refractivity (Wildman–Crippen MR) is 77.4 cm³/mol. The molecule has 0 aliphatic heterocycles. The largest absolute Gasteiger partial charge is 0.477 e. The Bertz CT molecular complexity index is 746. The quantitative estimate of drug-likeness (QED) is 0.742. The van der Waals surface area contributed by atoms with E-state index in [4.69, 9.17) is 9.52 Å². The Morgan fingerprint density at radius 3 is 2.90 bits per heavy atom. The fourth-order valence-electron chi connectivity index (χ4n) is 1.74. The summed E-state index contributed by atoms with van der Waals surface area (Å²) in [5.74, 6) is 0.204. The van der Waals surface area contributed by atoms with Crippen LogP contribution >= 0.6 is 23.1 Å². The zero-order chi connectivity index (χ0) is 14.1. The molecule has 0 radical (unpaired) electrons. The fourth-order valence-corrected chi connectivity index (χ4v) is 3.61. The second kappa shape index (κ2) is 5.26. The van der Waals surface area contributed by atoms with Crippen LogP contribution in [0.1, 0.15) is 21.3 Å². The monoisotopic (exact) mass is 306 g/mol. The molecule has 2 heterocycles. The Morgan fingerprint density at radius 1 is 1.40 bits per heavy atom. The third-order valence-electron chi connectivity index (χ3n) is 2.63. The number of thiazole rings is 1. The minimum absolute atomic E-state index is 0.282. The number of para-hydroxylation sites is 2. The van der Waals surface area contributed by atoms with Crippen LogP contribution in [0, 0.1) is 6.92 Å². The van der Waals surface area contributed by atoms with Gasteiger partial charge in [-0.3, -0.25) is 0 Å². The maximum atomic E-state index is 11.0. The van der Waals surface area contributed by atoms with E-state index in [1.54, 1.807) is 6.92 Å². The second-order valence-corrected chi connectivity index (χ2v) is 6.29. The van der Waals surface area contributed by atoms with Crippen molar-refractivity contribution in [3.05, 3.63) is 40.7 Å². The number of thioether (sulfide) groups is 1. The van der Waals surface area contributed by atoms with E-state index in [9.17, 15) is 4.79 Å². The van der Waals surface area contributed by atoms with Gasteiger partial charge >= 0.3 is 5.97 Å². The first kappa shape index (κ1) is 13.1. The summed E-state index contributed by atoms with van der Waals surface area (Å²) in [6, 6.07) is 7.56. The van der Waals surface area contributed by atoms with Crippen LogP contribution in [-0.4, -0.2) is 21.0 Å². The van der Waals surface area contributed by atoms with E-state index in [-0.39, 0.29) is 4.88 Å². The molecule has 0 fully saturated rings. The number of carboxylic acid groups (broad SMARTS) is 1. The van der Waals surface area contributed by atoms with Crippen molar-refractivity contribution in [2.24, 2.45) is 0 Å². The highest BCUT2D eigenvalue weighted by atomic mass is 32.2. The summed E-state index contributed by atoms with van der Waals surface area (Å²) in [6.07, 6.45) is 0. The van der Waals surface area contributed by atoms with Crippen molar-refractivity contribution in [2.45, 2.75) is 17.0 Å². The highest BCUT2D eigenvalue weighted by Crippen LogP contribution is 2.30. The summed E-state index contributed by atoms with van der Waals surface area (Å²) in [6.45, 7) is 1.70. The van der Waals surface area contributed by atoms with E-state index in [0.29, 0.717) is 21.7 Å². The van der Waals surface area contributed by atoms with Crippen LogP contribution in [0.5, 0.6) is 0 Å². The summed E-state index contributed by atoms with van der Waals surface area (Å²) in [5.41, 5.74) is 2.12. The van der Waals surface area contributed by atoms with Crippen molar-refractivity contribution < 1.29 is 14.3 Å². The molecule has 3 rings (SSSR count). The zero-order valence-electron chi connectivity index (χ0n) is 10.5. The SMILES string of the molecule is Cc1nc(SCc2nc3ccccc3o2)sc1C(=O)O. The van der Waals surface area contributed by atoms with Gasteiger partial charge in [-0.25, -0.2) is 14.8 Å². The van der Waals surface area contributed by atoms with Crippen LogP contribution in [0.2, 0.25) is 0 Å². The third kappa shape index (κ3) is 2.54. The van der Waals surface area contributed by atoms with Gasteiger partial charge in [0.15, 0.2) is 9.92 Å². The van der Waals surface area contributed by atoms with E-state index in [1.807, 2.05) is 24.3 Å². The average molecular weight is 306 g/mol. The molecule has 1 N–H and O–H groups in total. The van der Waals surface area contributed by atoms with Crippen molar-refractivity contribution in [3.63, 3.8) is 0 Å². The molecule has 0 saturated carbocycles. The average Bonchev–Trinajstić information content (AvgIpc) is 2.99. The van der Waals surface area contributed by atoms with Gasteiger partial charge in [-0.1, -0.05) is 23.9 Å². The highest BCUT2D eigenvalue weighted by molar-refractivity contribution is 8.00. The number of aryl methyl sites for hydroxylation is 1. The number of hydrogen-bond donors (Lipinski definition) is 1. The molecular weight excluding hydrogens is 296 g/mol. The molecule has 0 spiro atoms. The molecule has 5 nitrogen and oxygen atoms in total. The summed E-state index contributed by atoms with van der Waals surface area (Å²) >= 11 is 2.61. The number of aromatic nitrogens is 2. The van der Waals surface area contributed by atoms with Crippen LogP contribution in [0.4, 0.5) is 0 Å². The Hall–Kier alpha value is -1.86. The Kier molecular flexibility index (Phi) is 3.45. The van der Waals surface area contributed by atoms with E-state index in [2.05, 4.69) is 9.97 Å². The molecular formula is C13H10N2O3S2. The number of carbonyl (C=O) groups is 1. The molecule has 0 bridgehead atoms. The first-order chi connectivity index (χ1) is 9.63. The fraction of sp³-hybridized carbons (Fsp3) is 0.154. The van der Waals surface area contributed by atoms with Crippen LogP contribution in [0.3, 0.4) is 0 Å². The Labute approximate surface area is 122 Å². The molecule has 2 aromatic heterocycles. The number of benzene rings is 1. The van der Waals surface area contributed by atoms with Gasteiger partial charge in [-0.15, -0.1) is 11.3 Å². The van der Waals surface area contributed by atoms with Gasteiger partial charge in [-0.05, 0) is 19.1 Å². The molecule has 1 aromatic carbocycles. The lowest BCUT2D eigenvalue weighted by atomic mass is 10.3. The lowest BCUT2D eigenvalue weighted by Gasteiger charge is -1.91. The Morgan fingerprint density at radius 2 is 2.20 bits per heavy atom. The van der Waals surface area contributed by atoms with E-state index in [1.165, 1.54) is 23.1 Å². The second-order valence-electron chi connectivity index (χ2n) is 4.06. The predicted octanol–water partition coefficient (Wildman–Crippen LogP) is 3.58. The third-order valence-corrected chi connectivity index (χ3v) is 4.90. The summed E-state index contributed by atoms with van der Waals surface area (Å²) in [5, 5.41) is 8.99. The Balaban J connectivity index is 1.76. The standard InChI is InChI=1S/C13H10N2O3S2/c1-7-11(12(16)17)20-13(14-7)19-6-10-15-8-4-2-3-5-9(8)18-10/h2-5H,6H2,1H3,(H,16,17). The van der Waals surface area contributed by atoms with Crippen molar-refractivity contribution in [1.29, 1.82) is 0 Å². The normalized spacial score (nSPS) is 11.1. The number of fused-ring (bicyclic) bond motifs is 1. The lowest BCUT2D eigenvalue weighted by Crippen LogP contribution is -1.94. The van der Waals surface area contributed by atoms with Crippen LogP contribution < -0.4 is 0 Å². The molecule has 0 amide bonds. The number of hydrogen-bond acceptors (Lipinski definition) is 6. The number of oxazole rings is 1. The van der Waals surface area contributed by atoms with E-state index >= 15 is 0 Å². The van der Waals surface area contributed by atoms with Crippen molar-refractivity contribution in [1.82, 2.24) is 9.97 Å². The molecule has 0 aliphatic rings. The van der Waals surface area contributed by atoms with Crippen LogP contribution in [0.25, 0.3) is 11.1 Å². The molecule has 102 valence electrons. The zero-order valence-corrected chi connectivity index (χ0v) is 12.1. The smallest absolute Gasteiger partial charge is 0.347 e. The number of nitrogens with zero attached hydrogens (tertiary/aromatic N) is 2. The molecule has 0 aliphatic carbocycles. The van der Waals surface area contributed by atoms with Gasteiger partial charge in [0.05, 0.1) is 11.4 Å². The number of carboxylic acids is 1. The lowest BCUT2D eigenvalue weighted by molar-refractivity contribution is 0.0701. The maximum Gasteiger partial charge on any atom is 0.347 e. The van der Waals surface area contributed by atoms with Crippen molar-refractivity contribution in [2.75, 3.05) is 0 Å². The molecule has 0 saturated heterocycles. The van der Waals surface area contributed by atoms with Gasteiger partial charge in [0.2, 0.25) is 5.89 Å². The first-order valence-electron chi connectivity index (χ1n) is 5.81. The topological polar surface area (TPSA) is 76.2 Å². The minimum atomic E-state index is -0.936. The number of aromatic carboxylic acids is 1. The van der Waals surface area contributed by atoms with Gasteiger partial charge in [0.25, 0.3) is 0 Å². The highest BCUT2D eigenvalue weighted by Gasteiger charge is 2.15. The molecule has 0 atom stereocenters.